The van der Waals surface area contributed by atoms with E-state index in [0.29, 0.717) is 19.3 Å². The zero-order valence-corrected chi connectivity index (χ0v) is 20.5. The monoisotopic (exact) mass is 467 g/mol. The van der Waals surface area contributed by atoms with Crippen LogP contribution < -0.4 is 5.32 Å². The summed E-state index contributed by atoms with van der Waals surface area (Å²) in [5, 5.41) is 11.9. The van der Waals surface area contributed by atoms with Gasteiger partial charge in [-0.1, -0.05) is 70.4 Å². The number of amides is 1. The number of rotatable bonds is 20. The molecule has 1 unspecified atom stereocenters. The van der Waals surface area contributed by atoms with Gasteiger partial charge in [-0.15, -0.1) is 0 Å². The van der Waals surface area contributed by atoms with Crippen LogP contribution in [-0.2, 0) is 23.9 Å². The number of hydrogen-bond donors (Lipinski definition) is 2. The number of nitrogens with one attached hydrogen (secondary N) is 1. The van der Waals surface area contributed by atoms with Gasteiger partial charge in [0.15, 0.2) is 6.10 Å². The first-order valence-electron chi connectivity index (χ1n) is 13.0. The smallest absolute Gasteiger partial charge is 0.328 e. The van der Waals surface area contributed by atoms with Crippen LogP contribution in [0.4, 0.5) is 0 Å². The summed E-state index contributed by atoms with van der Waals surface area (Å²) in [5.74, 6) is -1.13. The van der Waals surface area contributed by atoms with Crippen LogP contribution >= 0.6 is 0 Å². The summed E-state index contributed by atoms with van der Waals surface area (Å²) in [7, 11) is 0. The summed E-state index contributed by atoms with van der Waals surface area (Å²) in [4.78, 5) is 35.0. The molecule has 1 aliphatic heterocycles. The van der Waals surface area contributed by atoms with E-state index in [1.807, 2.05) is 0 Å². The quantitative estimate of drug-likeness (QED) is 0.152. The molecule has 1 aliphatic rings. The van der Waals surface area contributed by atoms with Crippen LogP contribution in [0.2, 0.25) is 0 Å². The van der Waals surface area contributed by atoms with Crippen molar-refractivity contribution in [2.75, 3.05) is 13.2 Å². The van der Waals surface area contributed by atoms with Crippen LogP contribution in [-0.4, -0.2) is 48.3 Å². The second kappa shape index (κ2) is 19.6. The topological polar surface area (TPSA) is 102 Å². The molecule has 0 aromatic carbocycles. The summed E-state index contributed by atoms with van der Waals surface area (Å²) in [6.45, 7) is 1.62. The highest BCUT2D eigenvalue weighted by molar-refractivity contribution is 5.88. The van der Waals surface area contributed by atoms with E-state index >= 15 is 0 Å². The Bertz CT molecular complexity index is 577. The molecule has 1 amide bonds. The molecule has 0 aliphatic carbocycles. The van der Waals surface area contributed by atoms with Crippen LogP contribution in [0.5, 0.6) is 0 Å². The number of allylic oxidation sites excluding steroid dienone is 2. The SMILES string of the molecule is CCCCCCCC/C=C\CCCCCCCC(=O)OC(CO)COC(=O)[C@@H]1CCC(=O)N1. The highest BCUT2D eigenvalue weighted by Gasteiger charge is 2.29. The fourth-order valence-corrected chi connectivity index (χ4v) is 3.78. The zero-order valence-electron chi connectivity index (χ0n) is 20.5. The average molecular weight is 468 g/mol. The summed E-state index contributed by atoms with van der Waals surface area (Å²) in [5.41, 5.74) is 0. The van der Waals surface area contributed by atoms with Gasteiger partial charge in [-0.2, -0.15) is 0 Å². The van der Waals surface area contributed by atoms with E-state index < -0.39 is 30.7 Å². The first-order chi connectivity index (χ1) is 16.1. The van der Waals surface area contributed by atoms with Crippen LogP contribution in [0.1, 0.15) is 110 Å². The number of carbonyl (C=O) groups is 3. The standard InChI is InChI=1S/C26H45NO6/c1-2-3-4-5-6-7-8-9-10-11-12-13-14-15-16-17-25(30)33-22(20-28)21-32-26(31)23-18-19-24(29)27-23/h9-10,22-23,28H,2-8,11-21H2,1H3,(H,27,29)/b10-9-/t22?,23-/m0/s1. The van der Waals surface area contributed by atoms with Crippen LogP contribution in [0, 0.1) is 0 Å². The maximum atomic E-state index is 12.0. The molecule has 190 valence electrons. The average Bonchev–Trinajstić information content (AvgIpc) is 3.25. The predicted octanol–water partition coefficient (Wildman–Crippen LogP) is 4.75. The van der Waals surface area contributed by atoms with Crippen LogP contribution in [0.15, 0.2) is 12.2 Å². The van der Waals surface area contributed by atoms with E-state index in [1.54, 1.807) is 0 Å². The molecular weight excluding hydrogens is 422 g/mol. The van der Waals surface area contributed by atoms with Gasteiger partial charge in [0.1, 0.15) is 12.6 Å². The Kier molecular flexibility index (Phi) is 17.3. The molecule has 2 atom stereocenters. The number of unbranched alkanes of at least 4 members (excludes halogenated alkanes) is 11. The summed E-state index contributed by atoms with van der Waals surface area (Å²) in [6, 6.07) is -0.650. The molecule has 0 aromatic heterocycles. The number of aliphatic hydroxyl groups is 1. The Labute approximate surface area is 199 Å². The fraction of sp³-hybridized carbons (Fsp3) is 0.808. The lowest BCUT2D eigenvalue weighted by Gasteiger charge is -2.17. The molecular formula is C26H45NO6. The third-order valence-electron chi connectivity index (χ3n) is 5.84. The Balaban J connectivity index is 1.95. The van der Waals surface area contributed by atoms with Crippen molar-refractivity contribution < 1.29 is 29.0 Å². The highest BCUT2D eigenvalue weighted by atomic mass is 16.6. The van der Waals surface area contributed by atoms with E-state index in [4.69, 9.17) is 9.47 Å². The van der Waals surface area contributed by atoms with Gasteiger partial charge in [-0.25, -0.2) is 4.79 Å². The molecule has 1 rings (SSSR count). The maximum absolute atomic E-state index is 12.0. The number of aliphatic hydroxyl groups excluding tert-OH is 1. The third kappa shape index (κ3) is 15.6. The van der Waals surface area contributed by atoms with Crippen molar-refractivity contribution >= 4 is 17.8 Å². The molecule has 0 aromatic rings. The molecule has 2 N–H and O–H groups in total. The van der Waals surface area contributed by atoms with Crippen molar-refractivity contribution in [2.24, 2.45) is 0 Å². The Morgan fingerprint density at radius 2 is 1.61 bits per heavy atom. The lowest BCUT2D eigenvalue weighted by atomic mass is 10.1. The van der Waals surface area contributed by atoms with Crippen molar-refractivity contribution in [3.05, 3.63) is 12.2 Å². The van der Waals surface area contributed by atoms with Gasteiger partial charge in [-0.05, 0) is 38.5 Å². The third-order valence-corrected chi connectivity index (χ3v) is 5.84. The molecule has 1 saturated heterocycles. The number of esters is 2. The summed E-state index contributed by atoms with van der Waals surface area (Å²) < 4.78 is 10.3. The first kappa shape index (κ1) is 29.1. The highest BCUT2D eigenvalue weighted by Crippen LogP contribution is 2.11. The molecule has 7 heteroatoms. The van der Waals surface area contributed by atoms with E-state index in [0.717, 1.165) is 32.1 Å². The first-order valence-corrected chi connectivity index (χ1v) is 13.0. The van der Waals surface area contributed by atoms with Crippen molar-refractivity contribution in [2.45, 2.75) is 122 Å². The van der Waals surface area contributed by atoms with Crippen molar-refractivity contribution in [1.82, 2.24) is 5.32 Å². The van der Waals surface area contributed by atoms with Crippen molar-refractivity contribution in [3.8, 4) is 0 Å². The van der Waals surface area contributed by atoms with E-state index in [2.05, 4.69) is 24.4 Å². The zero-order chi connectivity index (χ0) is 24.2. The minimum Gasteiger partial charge on any atom is -0.460 e. The molecule has 0 radical (unpaired) electrons. The Hall–Kier alpha value is -1.89. The molecule has 0 bridgehead atoms. The summed E-state index contributed by atoms with van der Waals surface area (Å²) >= 11 is 0. The maximum Gasteiger partial charge on any atom is 0.328 e. The normalized spacial score (nSPS) is 16.7. The minimum absolute atomic E-state index is 0.179. The van der Waals surface area contributed by atoms with Crippen LogP contribution in [0.25, 0.3) is 0 Å². The van der Waals surface area contributed by atoms with Gasteiger partial charge >= 0.3 is 11.9 Å². The van der Waals surface area contributed by atoms with Gasteiger partial charge in [0.2, 0.25) is 5.91 Å². The van der Waals surface area contributed by atoms with E-state index in [9.17, 15) is 19.5 Å². The molecule has 0 saturated carbocycles. The van der Waals surface area contributed by atoms with Gasteiger partial charge < -0.3 is 19.9 Å². The number of hydrogen-bond acceptors (Lipinski definition) is 6. The van der Waals surface area contributed by atoms with E-state index in [1.165, 1.54) is 51.4 Å². The Morgan fingerprint density at radius 3 is 2.18 bits per heavy atom. The minimum atomic E-state index is -0.873. The second-order valence-corrected chi connectivity index (χ2v) is 8.92. The second-order valence-electron chi connectivity index (χ2n) is 8.92. The molecule has 1 fully saturated rings. The largest absolute Gasteiger partial charge is 0.460 e. The van der Waals surface area contributed by atoms with Gasteiger partial charge in [0.05, 0.1) is 6.61 Å². The molecule has 0 spiro atoms. The Morgan fingerprint density at radius 1 is 1.00 bits per heavy atom. The van der Waals surface area contributed by atoms with Crippen molar-refractivity contribution in [3.63, 3.8) is 0 Å². The van der Waals surface area contributed by atoms with Gasteiger partial charge in [0.25, 0.3) is 0 Å². The van der Waals surface area contributed by atoms with Gasteiger partial charge in [0, 0.05) is 12.8 Å². The number of ether oxygens (including phenoxy) is 2. The fourth-order valence-electron chi connectivity index (χ4n) is 3.78. The lowest BCUT2D eigenvalue weighted by Crippen LogP contribution is -2.37. The van der Waals surface area contributed by atoms with Crippen molar-refractivity contribution in [1.29, 1.82) is 0 Å². The number of carbonyl (C=O) groups excluding carboxylic acids is 3. The predicted molar refractivity (Wildman–Crippen MR) is 129 cm³/mol. The van der Waals surface area contributed by atoms with E-state index in [-0.39, 0.29) is 12.5 Å². The molecule has 7 nitrogen and oxygen atoms in total. The van der Waals surface area contributed by atoms with Crippen LogP contribution in [0.3, 0.4) is 0 Å². The molecule has 33 heavy (non-hydrogen) atoms. The lowest BCUT2D eigenvalue weighted by molar-refractivity contribution is -0.162. The molecule has 1 heterocycles. The summed E-state index contributed by atoms with van der Waals surface area (Å²) in [6.07, 6.45) is 20.2. The van der Waals surface area contributed by atoms with Gasteiger partial charge in [-0.3, -0.25) is 9.59 Å².